The summed E-state index contributed by atoms with van der Waals surface area (Å²) in [7, 11) is 1.66. The molecule has 0 aliphatic carbocycles. The Kier molecular flexibility index (Phi) is 7.73. The minimum Gasteiger partial charge on any atom is -0.444 e. The van der Waals surface area contributed by atoms with Crippen molar-refractivity contribution in [2.45, 2.75) is 70.6 Å². The molecule has 198 valence electrons. The van der Waals surface area contributed by atoms with E-state index in [0.29, 0.717) is 42.7 Å². The lowest BCUT2D eigenvalue weighted by atomic mass is 10.1. The number of aromatic nitrogens is 2. The Morgan fingerprint density at radius 2 is 1.86 bits per heavy atom. The number of imidazole rings is 1. The van der Waals surface area contributed by atoms with E-state index in [1.165, 1.54) is 9.13 Å². The summed E-state index contributed by atoms with van der Waals surface area (Å²) in [5.74, 6) is 5.49. The van der Waals surface area contributed by atoms with Gasteiger partial charge in [0.05, 0.1) is 29.3 Å². The van der Waals surface area contributed by atoms with Gasteiger partial charge in [0.2, 0.25) is 11.8 Å². The van der Waals surface area contributed by atoms with Crippen LogP contribution in [0.15, 0.2) is 23.0 Å². The molecule has 1 N–H and O–H groups in total. The van der Waals surface area contributed by atoms with Gasteiger partial charge in [-0.15, -0.1) is 0 Å². The molecule has 1 aromatic carbocycles. The second kappa shape index (κ2) is 10.8. The number of hydrogen-bond acceptors (Lipinski definition) is 6. The van der Waals surface area contributed by atoms with Gasteiger partial charge in [-0.05, 0) is 52.2 Å². The van der Waals surface area contributed by atoms with E-state index in [1.807, 2.05) is 32.9 Å². The van der Waals surface area contributed by atoms with E-state index in [4.69, 9.17) is 9.47 Å². The molecular formula is C27H34N4O6. The van der Waals surface area contributed by atoms with Gasteiger partial charge < -0.3 is 14.4 Å². The highest BCUT2D eigenvalue weighted by Gasteiger charge is 2.31. The predicted octanol–water partition coefficient (Wildman–Crippen LogP) is 2.48. The molecule has 2 saturated heterocycles. The highest BCUT2D eigenvalue weighted by Crippen LogP contribution is 2.24. The zero-order chi connectivity index (χ0) is 26.7. The molecule has 2 aromatic rings. The molecule has 0 spiro atoms. The summed E-state index contributed by atoms with van der Waals surface area (Å²) in [6.45, 7) is 7.24. The quantitative estimate of drug-likeness (QED) is 0.384. The number of para-hydroxylation sites is 1. The average molecular weight is 511 g/mol. The van der Waals surface area contributed by atoms with E-state index in [0.717, 1.165) is 12.8 Å². The first-order chi connectivity index (χ1) is 17.5. The third-order valence-corrected chi connectivity index (χ3v) is 6.52. The van der Waals surface area contributed by atoms with Gasteiger partial charge in [-0.1, -0.05) is 17.9 Å². The smallest absolute Gasteiger partial charge is 0.410 e. The van der Waals surface area contributed by atoms with Crippen molar-refractivity contribution in [1.82, 2.24) is 19.4 Å². The van der Waals surface area contributed by atoms with Crippen LogP contribution in [-0.4, -0.2) is 63.3 Å². The molecule has 3 heterocycles. The van der Waals surface area contributed by atoms with E-state index in [9.17, 15) is 19.2 Å². The first-order valence-corrected chi connectivity index (χ1v) is 12.7. The molecule has 10 nitrogen and oxygen atoms in total. The number of piperidine rings is 2. The Balaban J connectivity index is 1.36. The van der Waals surface area contributed by atoms with E-state index >= 15 is 0 Å². The van der Waals surface area contributed by atoms with Crippen molar-refractivity contribution in [2.75, 3.05) is 19.7 Å². The zero-order valence-corrected chi connectivity index (χ0v) is 21.8. The minimum atomic E-state index is -0.729. The summed E-state index contributed by atoms with van der Waals surface area (Å²) in [6, 6.07) is 4.71. The van der Waals surface area contributed by atoms with E-state index in [-0.39, 0.29) is 36.6 Å². The van der Waals surface area contributed by atoms with Gasteiger partial charge in [0.1, 0.15) is 11.6 Å². The highest BCUT2D eigenvalue weighted by molar-refractivity contribution is 6.00. The van der Waals surface area contributed by atoms with Crippen LogP contribution in [-0.2, 0) is 26.1 Å². The number of ether oxygens (including phenoxy) is 2. The van der Waals surface area contributed by atoms with Gasteiger partial charge in [0.25, 0.3) is 0 Å². The molecule has 1 unspecified atom stereocenters. The van der Waals surface area contributed by atoms with Crippen molar-refractivity contribution in [1.29, 1.82) is 0 Å². The number of nitrogens with zero attached hydrogens (tertiary/aromatic N) is 3. The van der Waals surface area contributed by atoms with E-state index in [2.05, 4.69) is 17.2 Å². The molecule has 4 rings (SSSR count). The monoisotopic (exact) mass is 510 g/mol. The first kappa shape index (κ1) is 26.5. The Bertz CT molecular complexity index is 1310. The summed E-state index contributed by atoms with van der Waals surface area (Å²) in [5, 5.41) is 2.32. The van der Waals surface area contributed by atoms with Crippen LogP contribution in [0.4, 0.5) is 4.79 Å². The third kappa shape index (κ3) is 6.05. The van der Waals surface area contributed by atoms with Gasteiger partial charge in [0.15, 0.2) is 0 Å². The third-order valence-electron chi connectivity index (χ3n) is 6.52. The predicted molar refractivity (Wildman–Crippen MR) is 137 cm³/mol. The highest BCUT2D eigenvalue weighted by atomic mass is 16.6. The fourth-order valence-electron chi connectivity index (χ4n) is 4.73. The van der Waals surface area contributed by atoms with Crippen molar-refractivity contribution >= 4 is 28.9 Å². The van der Waals surface area contributed by atoms with E-state index < -0.39 is 17.6 Å². The first-order valence-electron chi connectivity index (χ1n) is 12.7. The molecule has 10 heteroatoms. The van der Waals surface area contributed by atoms with Crippen molar-refractivity contribution in [3.05, 3.63) is 34.2 Å². The zero-order valence-electron chi connectivity index (χ0n) is 21.8. The second-order valence-electron chi connectivity index (χ2n) is 10.4. The lowest BCUT2D eigenvalue weighted by Gasteiger charge is -2.33. The van der Waals surface area contributed by atoms with Gasteiger partial charge in [-0.25, -0.2) is 9.59 Å². The van der Waals surface area contributed by atoms with Gasteiger partial charge in [-0.2, -0.15) is 0 Å². The number of rotatable bonds is 4. The fraction of sp³-hybridized carbons (Fsp3) is 0.556. The molecule has 2 aliphatic rings. The van der Waals surface area contributed by atoms with Crippen LogP contribution in [0.2, 0.25) is 0 Å². The molecule has 0 bridgehead atoms. The lowest BCUT2D eigenvalue weighted by molar-refractivity contribution is -0.135. The van der Waals surface area contributed by atoms with Crippen molar-refractivity contribution in [3.63, 3.8) is 0 Å². The Hall–Kier alpha value is -3.58. The van der Waals surface area contributed by atoms with Crippen LogP contribution >= 0.6 is 0 Å². The molecule has 0 saturated carbocycles. The fourth-order valence-corrected chi connectivity index (χ4v) is 4.73. The number of carbonyl (C=O) groups excluding carboxylic acids is 3. The van der Waals surface area contributed by atoms with Crippen LogP contribution in [0.1, 0.15) is 64.5 Å². The lowest BCUT2D eigenvalue weighted by Crippen LogP contribution is -2.44. The molecule has 3 amide bonds. The summed E-state index contributed by atoms with van der Waals surface area (Å²) < 4.78 is 14.4. The summed E-state index contributed by atoms with van der Waals surface area (Å²) >= 11 is 0. The van der Waals surface area contributed by atoms with E-state index in [1.54, 1.807) is 18.0 Å². The molecule has 1 atom stereocenters. The standard InChI is InChI=1S/C27H34N4O6/c1-27(2,3)37-26(35)30-15-13-19(14-16-30)36-17-6-5-8-18-9-7-10-20-23(18)29(4)25(34)31(20)21-11-12-22(32)28-24(21)33/h7,9-10,19,21H,6,11-17H2,1-4H3,(H,28,32,33). The minimum absolute atomic E-state index is 0.0762. The van der Waals surface area contributed by atoms with Crippen LogP contribution in [0.25, 0.3) is 11.0 Å². The van der Waals surface area contributed by atoms with Gasteiger partial charge in [-0.3, -0.25) is 24.0 Å². The molecule has 2 aliphatic heterocycles. The maximum atomic E-state index is 13.0. The number of amides is 3. The van der Waals surface area contributed by atoms with Crippen molar-refractivity contribution in [2.24, 2.45) is 7.05 Å². The summed E-state index contributed by atoms with van der Waals surface area (Å²) in [4.78, 5) is 50.9. The maximum Gasteiger partial charge on any atom is 0.410 e. The molecular weight excluding hydrogens is 476 g/mol. The Morgan fingerprint density at radius 1 is 1.14 bits per heavy atom. The molecule has 2 fully saturated rings. The summed E-state index contributed by atoms with van der Waals surface area (Å²) in [5.41, 5.74) is 1.13. The topological polar surface area (TPSA) is 112 Å². The van der Waals surface area contributed by atoms with Gasteiger partial charge >= 0.3 is 11.8 Å². The Morgan fingerprint density at radius 3 is 2.54 bits per heavy atom. The largest absolute Gasteiger partial charge is 0.444 e. The number of benzene rings is 1. The normalized spacial score (nSPS) is 18.9. The number of fused-ring (bicyclic) bond motifs is 1. The van der Waals surface area contributed by atoms with Crippen LogP contribution in [0.5, 0.6) is 0 Å². The number of hydrogen-bond donors (Lipinski definition) is 1. The number of carbonyl (C=O) groups is 3. The molecule has 1 aromatic heterocycles. The summed E-state index contributed by atoms with van der Waals surface area (Å²) in [6.07, 6.45) is 2.29. The SMILES string of the molecule is Cn1c(=O)n(C2CCC(=O)NC2=O)c2cccc(C#CCCOC3CCN(C(=O)OC(C)(C)C)CC3)c21. The second-order valence-corrected chi connectivity index (χ2v) is 10.4. The molecule has 0 radical (unpaired) electrons. The van der Waals surface area contributed by atoms with Gasteiger partial charge in [0, 0.05) is 33.0 Å². The number of likely N-dealkylation sites (tertiary alicyclic amines) is 1. The number of nitrogens with one attached hydrogen (secondary N) is 1. The Labute approximate surface area is 215 Å². The average Bonchev–Trinajstić information content (AvgIpc) is 3.09. The maximum absolute atomic E-state index is 13.0. The molecule has 37 heavy (non-hydrogen) atoms. The van der Waals surface area contributed by atoms with Crippen molar-refractivity contribution < 1.29 is 23.9 Å². The van der Waals surface area contributed by atoms with Crippen LogP contribution < -0.4 is 11.0 Å². The van der Waals surface area contributed by atoms with Crippen molar-refractivity contribution in [3.8, 4) is 11.8 Å². The number of aryl methyl sites for hydroxylation is 1. The van der Waals surface area contributed by atoms with Crippen LogP contribution in [0.3, 0.4) is 0 Å². The van der Waals surface area contributed by atoms with Crippen LogP contribution in [0, 0.1) is 11.8 Å². The number of imide groups is 1.